The molecule has 2 aromatic heterocycles. The summed E-state index contributed by atoms with van der Waals surface area (Å²) >= 11 is 3.28. The van der Waals surface area contributed by atoms with Crippen molar-refractivity contribution in [2.75, 3.05) is 23.7 Å². The molecule has 0 aliphatic heterocycles. The van der Waals surface area contributed by atoms with Crippen LogP contribution in [0.25, 0.3) is 0 Å². The number of sulfonamides is 1. The van der Waals surface area contributed by atoms with Crippen LogP contribution in [-0.2, 0) is 10.0 Å². The van der Waals surface area contributed by atoms with Crippen molar-refractivity contribution in [1.29, 1.82) is 0 Å². The van der Waals surface area contributed by atoms with Gasteiger partial charge >= 0.3 is 0 Å². The van der Waals surface area contributed by atoms with Gasteiger partial charge in [0.2, 0.25) is 10.0 Å². The van der Waals surface area contributed by atoms with Gasteiger partial charge in [0.05, 0.1) is 4.90 Å². The lowest BCUT2D eigenvalue weighted by molar-refractivity contribution is 0.583. The molecule has 1 aromatic carbocycles. The summed E-state index contributed by atoms with van der Waals surface area (Å²) in [6.45, 7) is 2.56. The Morgan fingerprint density at radius 1 is 0.893 bits per heavy atom. The molecule has 3 N–H and O–H groups in total. The highest BCUT2D eigenvalue weighted by Gasteiger charge is 2.12. The van der Waals surface area contributed by atoms with Gasteiger partial charge in [-0.15, -0.1) is 10.2 Å². The van der Waals surface area contributed by atoms with E-state index < -0.39 is 10.0 Å². The summed E-state index contributed by atoms with van der Waals surface area (Å²) in [5, 5.41) is 14.2. The first-order valence-electron chi connectivity index (χ1n) is 8.45. The van der Waals surface area contributed by atoms with Gasteiger partial charge in [0.1, 0.15) is 11.6 Å². The van der Waals surface area contributed by atoms with Gasteiger partial charge in [-0.25, -0.2) is 18.1 Å². The van der Waals surface area contributed by atoms with Crippen LogP contribution in [0.15, 0.2) is 64.1 Å². The summed E-state index contributed by atoms with van der Waals surface area (Å²) < 4.78 is 27.8. The normalized spacial score (nSPS) is 11.2. The lowest BCUT2D eigenvalue weighted by Gasteiger charge is -2.09. The van der Waals surface area contributed by atoms with Gasteiger partial charge in [-0.3, -0.25) is 0 Å². The van der Waals surface area contributed by atoms with Gasteiger partial charge in [-0.2, -0.15) is 0 Å². The number of hydrogen-bond acceptors (Lipinski definition) is 7. The second-order valence-corrected chi connectivity index (χ2v) is 8.61. The number of nitrogens with zero attached hydrogens (tertiary/aromatic N) is 3. The Bertz CT molecular complexity index is 1010. The molecule has 3 rings (SSSR count). The van der Waals surface area contributed by atoms with Gasteiger partial charge in [0.15, 0.2) is 5.82 Å². The average Bonchev–Trinajstić information content (AvgIpc) is 2.69. The summed E-state index contributed by atoms with van der Waals surface area (Å²) in [6, 6.07) is 13.8. The van der Waals surface area contributed by atoms with Crippen molar-refractivity contribution in [2.45, 2.75) is 11.8 Å². The molecule has 0 saturated carbocycles. The molecule has 10 heteroatoms. The van der Waals surface area contributed by atoms with Crippen molar-refractivity contribution in [1.82, 2.24) is 19.9 Å². The number of hydrogen-bond donors (Lipinski definition) is 3. The van der Waals surface area contributed by atoms with Crippen LogP contribution in [0, 0.1) is 6.92 Å². The minimum atomic E-state index is -3.54. The first-order chi connectivity index (χ1) is 13.4. The van der Waals surface area contributed by atoms with E-state index >= 15 is 0 Å². The van der Waals surface area contributed by atoms with Crippen molar-refractivity contribution < 1.29 is 8.42 Å². The fraction of sp³-hybridized carbons (Fsp3) is 0.167. The lowest BCUT2D eigenvalue weighted by atomic mass is 10.3. The van der Waals surface area contributed by atoms with E-state index in [9.17, 15) is 8.42 Å². The van der Waals surface area contributed by atoms with E-state index in [-0.39, 0.29) is 11.4 Å². The SMILES string of the molecule is Cc1ccc(Nc2ccc(NCCNS(=O)(=O)c3ccc(Br)cc3)nn2)nc1. The number of nitrogens with one attached hydrogen (secondary N) is 3. The van der Waals surface area contributed by atoms with Gasteiger partial charge < -0.3 is 10.6 Å². The number of benzene rings is 1. The lowest BCUT2D eigenvalue weighted by Crippen LogP contribution is -2.29. The molecule has 0 aliphatic carbocycles. The molecule has 3 aromatic rings. The molecular weight excluding hydrogens is 444 g/mol. The van der Waals surface area contributed by atoms with Gasteiger partial charge in [0.25, 0.3) is 0 Å². The summed E-state index contributed by atoms with van der Waals surface area (Å²) in [7, 11) is -3.54. The Hall–Kier alpha value is -2.56. The summed E-state index contributed by atoms with van der Waals surface area (Å²) in [6.07, 6.45) is 1.76. The van der Waals surface area contributed by atoms with E-state index in [0.29, 0.717) is 24.0 Å². The van der Waals surface area contributed by atoms with Crippen LogP contribution < -0.4 is 15.4 Å². The van der Waals surface area contributed by atoms with Crippen molar-refractivity contribution in [3.63, 3.8) is 0 Å². The number of pyridine rings is 1. The molecule has 0 amide bonds. The molecule has 0 saturated heterocycles. The second kappa shape index (κ2) is 9.09. The van der Waals surface area contributed by atoms with E-state index in [2.05, 4.69) is 46.5 Å². The van der Waals surface area contributed by atoms with Crippen LogP contribution in [0.2, 0.25) is 0 Å². The Balaban J connectivity index is 1.47. The van der Waals surface area contributed by atoms with E-state index in [1.165, 1.54) is 0 Å². The first-order valence-corrected chi connectivity index (χ1v) is 10.7. The predicted molar refractivity (Wildman–Crippen MR) is 112 cm³/mol. The summed E-state index contributed by atoms with van der Waals surface area (Å²) in [4.78, 5) is 4.47. The minimum absolute atomic E-state index is 0.216. The van der Waals surface area contributed by atoms with E-state index in [1.54, 1.807) is 42.6 Å². The largest absolute Gasteiger partial charge is 0.367 e. The Labute approximate surface area is 172 Å². The molecule has 2 heterocycles. The summed E-state index contributed by atoms with van der Waals surface area (Å²) in [5.74, 6) is 1.80. The topological polar surface area (TPSA) is 109 Å². The molecule has 0 unspecified atom stereocenters. The van der Waals surface area contributed by atoms with Crippen molar-refractivity contribution in [3.05, 3.63) is 64.8 Å². The van der Waals surface area contributed by atoms with E-state index in [0.717, 1.165) is 10.0 Å². The third-order valence-corrected chi connectivity index (χ3v) is 5.68. The van der Waals surface area contributed by atoms with Crippen LogP contribution in [0.4, 0.5) is 17.5 Å². The quantitative estimate of drug-likeness (QED) is 0.441. The minimum Gasteiger partial charge on any atom is -0.367 e. The molecule has 28 heavy (non-hydrogen) atoms. The molecule has 146 valence electrons. The standard InChI is InChI=1S/C18H19BrN6O2S/c1-13-2-7-16(21-12-13)23-18-9-8-17(24-25-18)20-10-11-22-28(26,27)15-5-3-14(19)4-6-15/h2-9,12,22H,10-11H2,1H3,(H,20,24)(H,21,23,25). The molecule has 8 nitrogen and oxygen atoms in total. The zero-order chi connectivity index (χ0) is 20.0. The Morgan fingerprint density at radius 2 is 1.57 bits per heavy atom. The molecule has 0 aliphatic rings. The highest BCUT2D eigenvalue weighted by atomic mass is 79.9. The third-order valence-electron chi connectivity index (χ3n) is 3.68. The third kappa shape index (κ3) is 5.72. The molecule has 0 bridgehead atoms. The van der Waals surface area contributed by atoms with Crippen molar-refractivity contribution in [2.24, 2.45) is 0 Å². The number of halogens is 1. The smallest absolute Gasteiger partial charge is 0.240 e. The molecule has 0 fully saturated rings. The molecule has 0 atom stereocenters. The number of aromatic nitrogens is 3. The second-order valence-electron chi connectivity index (χ2n) is 5.93. The molecular formula is C18H19BrN6O2S. The number of anilines is 3. The van der Waals surface area contributed by atoms with Crippen LogP contribution in [0.1, 0.15) is 5.56 Å². The van der Waals surface area contributed by atoms with E-state index in [1.807, 2.05) is 19.1 Å². The predicted octanol–water partition coefficient (Wildman–Crippen LogP) is 3.08. The highest BCUT2D eigenvalue weighted by Crippen LogP contribution is 2.15. The van der Waals surface area contributed by atoms with Gasteiger partial charge in [0, 0.05) is 23.8 Å². The molecule has 0 radical (unpaired) electrons. The fourth-order valence-corrected chi connectivity index (χ4v) is 3.54. The first kappa shape index (κ1) is 20.2. The summed E-state index contributed by atoms with van der Waals surface area (Å²) in [5.41, 5.74) is 1.08. The number of rotatable bonds is 8. The van der Waals surface area contributed by atoms with Crippen LogP contribution in [-0.4, -0.2) is 36.7 Å². The zero-order valence-corrected chi connectivity index (χ0v) is 17.5. The van der Waals surface area contributed by atoms with E-state index in [4.69, 9.17) is 0 Å². The van der Waals surface area contributed by atoms with Crippen molar-refractivity contribution in [3.8, 4) is 0 Å². The fourth-order valence-electron chi connectivity index (χ4n) is 2.24. The van der Waals surface area contributed by atoms with Crippen molar-refractivity contribution >= 4 is 43.4 Å². The zero-order valence-electron chi connectivity index (χ0n) is 15.1. The maximum absolute atomic E-state index is 12.2. The van der Waals surface area contributed by atoms with Gasteiger partial charge in [-0.05, 0) is 55.0 Å². The number of aryl methyl sites for hydroxylation is 1. The maximum Gasteiger partial charge on any atom is 0.240 e. The van der Waals surface area contributed by atoms with Gasteiger partial charge in [-0.1, -0.05) is 22.0 Å². The maximum atomic E-state index is 12.2. The van der Waals surface area contributed by atoms with Crippen LogP contribution >= 0.6 is 15.9 Å². The molecule has 0 spiro atoms. The monoisotopic (exact) mass is 462 g/mol. The Kier molecular flexibility index (Phi) is 6.55. The van der Waals surface area contributed by atoms with Crippen LogP contribution in [0.3, 0.4) is 0 Å². The van der Waals surface area contributed by atoms with Crippen LogP contribution in [0.5, 0.6) is 0 Å². The Morgan fingerprint density at radius 3 is 2.21 bits per heavy atom. The average molecular weight is 463 g/mol. The highest BCUT2D eigenvalue weighted by molar-refractivity contribution is 9.10.